The minimum Gasteiger partial charge on any atom is -0.388 e. The van der Waals surface area contributed by atoms with E-state index in [1.165, 1.54) is 11.1 Å². The molecule has 0 radical (unpaired) electrons. The molecule has 1 aliphatic heterocycles. The summed E-state index contributed by atoms with van der Waals surface area (Å²) in [5, 5.41) is 9.37. The SMILES string of the molecule is CC1CN(C(=O)c2ccc3c(c2)nc(CO)n3C)Cc2ccccc21. The maximum atomic E-state index is 13.0. The molecule has 3 aromatic rings. The minimum atomic E-state index is -0.116. The molecule has 0 saturated carbocycles. The first-order chi connectivity index (χ1) is 12.1. The van der Waals surface area contributed by atoms with Gasteiger partial charge < -0.3 is 14.6 Å². The predicted molar refractivity (Wildman–Crippen MR) is 96.2 cm³/mol. The number of imidazole rings is 1. The summed E-state index contributed by atoms with van der Waals surface area (Å²) in [5.41, 5.74) is 4.85. The molecule has 0 aliphatic carbocycles. The molecular formula is C20H21N3O2. The molecule has 0 bridgehead atoms. The third kappa shape index (κ3) is 2.61. The van der Waals surface area contributed by atoms with E-state index in [0.717, 1.165) is 17.6 Å². The number of aliphatic hydroxyl groups excluding tert-OH is 1. The lowest BCUT2D eigenvalue weighted by molar-refractivity contribution is 0.0721. The average molecular weight is 335 g/mol. The van der Waals surface area contributed by atoms with Gasteiger partial charge >= 0.3 is 0 Å². The van der Waals surface area contributed by atoms with Crippen molar-refractivity contribution in [3.05, 3.63) is 65.0 Å². The normalized spacial score (nSPS) is 16.9. The molecule has 5 heteroatoms. The molecule has 2 heterocycles. The first-order valence-electron chi connectivity index (χ1n) is 8.51. The smallest absolute Gasteiger partial charge is 0.254 e. The Kier molecular flexibility index (Phi) is 3.81. The zero-order chi connectivity index (χ0) is 17.6. The van der Waals surface area contributed by atoms with Gasteiger partial charge in [0.15, 0.2) is 0 Å². The zero-order valence-corrected chi connectivity index (χ0v) is 14.4. The van der Waals surface area contributed by atoms with Crippen LogP contribution in [0.4, 0.5) is 0 Å². The maximum Gasteiger partial charge on any atom is 0.254 e. The van der Waals surface area contributed by atoms with Crippen LogP contribution in [0.5, 0.6) is 0 Å². The first kappa shape index (κ1) is 15.8. The van der Waals surface area contributed by atoms with E-state index in [4.69, 9.17) is 0 Å². The zero-order valence-electron chi connectivity index (χ0n) is 14.4. The molecule has 1 aliphatic rings. The van der Waals surface area contributed by atoms with Crippen molar-refractivity contribution in [3.63, 3.8) is 0 Å². The van der Waals surface area contributed by atoms with Crippen LogP contribution in [0.15, 0.2) is 42.5 Å². The summed E-state index contributed by atoms with van der Waals surface area (Å²) < 4.78 is 1.85. The first-order valence-corrected chi connectivity index (χ1v) is 8.51. The van der Waals surface area contributed by atoms with Crippen LogP contribution >= 0.6 is 0 Å². The quantitative estimate of drug-likeness (QED) is 0.783. The molecule has 1 atom stereocenters. The van der Waals surface area contributed by atoms with Crippen LogP contribution < -0.4 is 0 Å². The van der Waals surface area contributed by atoms with Crippen molar-refractivity contribution in [2.75, 3.05) is 6.54 Å². The van der Waals surface area contributed by atoms with Crippen molar-refractivity contribution in [2.45, 2.75) is 26.0 Å². The number of aryl methyl sites for hydroxylation is 1. The number of aliphatic hydroxyl groups is 1. The second kappa shape index (κ2) is 6.01. The molecule has 0 fully saturated rings. The Morgan fingerprint density at radius 3 is 2.88 bits per heavy atom. The molecule has 128 valence electrons. The average Bonchev–Trinajstić information content (AvgIpc) is 2.96. The van der Waals surface area contributed by atoms with Crippen molar-refractivity contribution < 1.29 is 9.90 Å². The van der Waals surface area contributed by atoms with Crippen molar-refractivity contribution in [3.8, 4) is 0 Å². The van der Waals surface area contributed by atoms with Gasteiger partial charge in [0.1, 0.15) is 12.4 Å². The minimum absolute atomic E-state index is 0.0273. The Bertz CT molecular complexity index is 961. The molecule has 4 rings (SSSR count). The molecule has 25 heavy (non-hydrogen) atoms. The van der Waals surface area contributed by atoms with Gasteiger partial charge in [-0.15, -0.1) is 0 Å². The summed E-state index contributed by atoms with van der Waals surface area (Å²) in [6, 6.07) is 13.9. The number of fused-ring (bicyclic) bond motifs is 2. The second-order valence-electron chi connectivity index (χ2n) is 6.73. The molecule has 0 spiro atoms. The predicted octanol–water partition coefficient (Wildman–Crippen LogP) is 2.83. The molecule has 1 aromatic heterocycles. The van der Waals surface area contributed by atoms with Crippen LogP contribution in [0.25, 0.3) is 11.0 Å². The van der Waals surface area contributed by atoms with Gasteiger partial charge in [0.25, 0.3) is 5.91 Å². The fraction of sp³-hybridized carbons (Fsp3) is 0.300. The van der Waals surface area contributed by atoms with E-state index in [1.54, 1.807) is 0 Å². The number of aromatic nitrogens is 2. The van der Waals surface area contributed by atoms with Crippen molar-refractivity contribution in [2.24, 2.45) is 7.05 Å². The number of carbonyl (C=O) groups is 1. The molecular weight excluding hydrogens is 314 g/mol. The summed E-state index contributed by atoms with van der Waals surface area (Å²) in [5.74, 6) is 0.952. The number of benzene rings is 2. The van der Waals surface area contributed by atoms with E-state index in [2.05, 4.69) is 30.1 Å². The Hall–Kier alpha value is -2.66. The fourth-order valence-electron chi connectivity index (χ4n) is 3.72. The highest BCUT2D eigenvalue weighted by atomic mass is 16.3. The summed E-state index contributed by atoms with van der Waals surface area (Å²) in [7, 11) is 1.87. The van der Waals surface area contributed by atoms with Crippen molar-refractivity contribution in [1.82, 2.24) is 14.5 Å². The van der Waals surface area contributed by atoms with Crippen LogP contribution in [0, 0.1) is 0 Å². The summed E-state index contributed by atoms with van der Waals surface area (Å²) in [6.45, 7) is 3.40. The summed E-state index contributed by atoms with van der Waals surface area (Å²) in [6.07, 6.45) is 0. The van der Waals surface area contributed by atoms with Gasteiger partial charge in [-0.05, 0) is 35.2 Å². The van der Waals surface area contributed by atoms with Crippen LogP contribution in [0.1, 0.15) is 40.2 Å². The van der Waals surface area contributed by atoms with Gasteiger partial charge in [-0.2, -0.15) is 0 Å². The van der Waals surface area contributed by atoms with Gasteiger partial charge in [-0.3, -0.25) is 4.79 Å². The Morgan fingerprint density at radius 1 is 1.28 bits per heavy atom. The van der Waals surface area contributed by atoms with Gasteiger partial charge in [-0.1, -0.05) is 31.2 Å². The molecule has 5 nitrogen and oxygen atoms in total. The number of nitrogens with zero attached hydrogens (tertiary/aromatic N) is 3. The summed E-state index contributed by atoms with van der Waals surface area (Å²) >= 11 is 0. The van der Waals surface area contributed by atoms with Gasteiger partial charge in [0, 0.05) is 25.7 Å². The van der Waals surface area contributed by atoms with Crippen molar-refractivity contribution >= 4 is 16.9 Å². The Balaban J connectivity index is 1.66. The van der Waals surface area contributed by atoms with Crippen LogP contribution in [0.2, 0.25) is 0 Å². The van der Waals surface area contributed by atoms with Crippen LogP contribution in [-0.2, 0) is 20.2 Å². The summed E-state index contributed by atoms with van der Waals surface area (Å²) in [4.78, 5) is 19.3. The molecule has 0 saturated heterocycles. The highest BCUT2D eigenvalue weighted by Gasteiger charge is 2.26. The maximum absolute atomic E-state index is 13.0. The Labute approximate surface area is 146 Å². The number of amides is 1. The van der Waals surface area contributed by atoms with E-state index in [9.17, 15) is 9.90 Å². The van der Waals surface area contributed by atoms with Crippen LogP contribution in [-0.4, -0.2) is 32.0 Å². The van der Waals surface area contributed by atoms with Crippen LogP contribution in [0.3, 0.4) is 0 Å². The van der Waals surface area contributed by atoms with Gasteiger partial charge in [0.05, 0.1) is 11.0 Å². The van der Waals surface area contributed by atoms with E-state index in [0.29, 0.717) is 23.9 Å². The fourth-order valence-corrected chi connectivity index (χ4v) is 3.72. The lowest BCUT2D eigenvalue weighted by Gasteiger charge is -2.33. The van der Waals surface area contributed by atoms with Gasteiger partial charge in [-0.25, -0.2) is 4.98 Å². The lowest BCUT2D eigenvalue weighted by atomic mass is 9.91. The van der Waals surface area contributed by atoms with E-state index >= 15 is 0 Å². The molecule has 1 N–H and O–H groups in total. The highest BCUT2D eigenvalue weighted by Crippen LogP contribution is 2.29. The topological polar surface area (TPSA) is 58.4 Å². The lowest BCUT2D eigenvalue weighted by Crippen LogP contribution is -2.37. The number of rotatable bonds is 2. The van der Waals surface area contributed by atoms with E-state index in [-0.39, 0.29) is 12.5 Å². The van der Waals surface area contributed by atoms with Crippen molar-refractivity contribution in [1.29, 1.82) is 0 Å². The second-order valence-corrected chi connectivity index (χ2v) is 6.73. The standard InChI is InChI=1S/C20H21N3O2/c1-13-10-23(11-15-5-3-4-6-16(13)15)20(25)14-7-8-18-17(9-14)21-19(12-24)22(18)2/h3-9,13,24H,10-12H2,1-2H3. The number of hydrogen-bond donors (Lipinski definition) is 1. The highest BCUT2D eigenvalue weighted by molar-refractivity contribution is 5.97. The van der Waals surface area contributed by atoms with Gasteiger partial charge in [0.2, 0.25) is 0 Å². The monoisotopic (exact) mass is 335 g/mol. The largest absolute Gasteiger partial charge is 0.388 e. The van der Waals surface area contributed by atoms with E-state index < -0.39 is 0 Å². The number of hydrogen-bond acceptors (Lipinski definition) is 3. The number of carbonyl (C=O) groups excluding carboxylic acids is 1. The third-order valence-electron chi connectivity index (χ3n) is 5.09. The molecule has 2 aromatic carbocycles. The molecule has 1 unspecified atom stereocenters. The third-order valence-corrected chi connectivity index (χ3v) is 5.09. The van der Waals surface area contributed by atoms with E-state index in [1.807, 2.05) is 40.8 Å². The Morgan fingerprint density at radius 2 is 2.08 bits per heavy atom. The molecule has 1 amide bonds.